The lowest BCUT2D eigenvalue weighted by Gasteiger charge is -2.11. The van der Waals surface area contributed by atoms with Crippen LogP contribution in [0.1, 0.15) is 30.9 Å². The number of carbonyl (C=O) groups excluding carboxylic acids is 1. The second-order valence-corrected chi connectivity index (χ2v) is 5.32. The van der Waals surface area contributed by atoms with Crippen molar-refractivity contribution < 1.29 is 14.7 Å². The van der Waals surface area contributed by atoms with Crippen LogP contribution in [0.5, 0.6) is 0 Å². The quantitative estimate of drug-likeness (QED) is 0.760. The van der Waals surface area contributed by atoms with E-state index in [4.69, 9.17) is 16.7 Å². The first-order chi connectivity index (χ1) is 9.93. The number of halogens is 1. The summed E-state index contributed by atoms with van der Waals surface area (Å²) in [5.41, 5.74) is 1.80. The van der Waals surface area contributed by atoms with Crippen LogP contribution in [0, 0.1) is 12.8 Å². The minimum atomic E-state index is -0.883. The van der Waals surface area contributed by atoms with Crippen LogP contribution in [0.4, 0.5) is 0 Å². The highest BCUT2D eigenvalue weighted by Crippen LogP contribution is 2.17. The van der Waals surface area contributed by atoms with Crippen LogP contribution in [0.2, 0.25) is 5.02 Å². The summed E-state index contributed by atoms with van der Waals surface area (Å²) in [6, 6.07) is 5.52. The van der Waals surface area contributed by atoms with Crippen LogP contribution in [-0.2, 0) is 9.59 Å². The van der Waals surface area contributed by atoms with Crippen LogP contribution in [-0.4, -0.2) is 23.5 Å². The number of amides is 1. The van der Waals surface area contributed by atoms with Gasteiger partial charge < -0.3 is 10.4 Å². The summed E-state index contributed by atoms with van der Waals surface area (Å²) < 4.78 is 0. The Kier molecular flexibility index (Phi) is 6.96. The third-order valence-corrected chi connectivity index (χ3v) is 3.54. The number of nitrogens with one attached hydrogen (secondary N) is 1. The summed E-state index contributed by atoms with van der Waals surface area (Å²) in [7, 11) is 0. The molecule has 2 N–H and O–H groups in total. The number of hydrogen-bond donors (Lipinski definition) is 2. The monoisotopic (exact) mass is 309 g/mol. The third-order valence-electron chi connectivity index (χ3n) is 3.13. The van der Waals surface area contributed by atoms with Crippen LogP contribution in [0.3, 0.4) is 0 Å². The van der Waals surface area contributed by atoms with Gasteiger partial charge in [0.25, 0.3) is 0 Å². The smallest absolute Gasteiger partial charge is 0.308 e. The number of hydrogen-bond acceptors (Lipinski definition) is 2. The van der Waals surface area contributed by atoms with Gasteiger partial charge in [-0.15, -0.1) is 0 Å². The van der Waals surface area contributed by atoms with E-state index in [1.807, 2.05) is 26.0 Å². The fraction of sp³-hybridized carbons (Fsp3) is 0.375. The molecule has 21 heavy (non-hydrogen) atoms. The molecule has 1 atom stereocenters. The van der Waals surface area contributed by atoms with Crippen molar-refractivity contribution in [3.8, 4) is 0 Å². The molecule has 0 saturated carbocycles. The van der Waals surface area contributed by atoms with Crippen molar-refractivity contribution in [1.29, 1.82) is 0 Å². The van der Waals surface area contributed by atoms with Crippen molar-refractivity contribution in [2.75, 3.05) is 6.54 Å². The van der Waals surface area contributed by atoms with Crippen molar-refractivity contribution in [3.05, 3.63) is 40.4 Å². The minimum absolute atomic E-state index is 0.140. The van der Waals surface area contributed by atoms with Gasteiger partial charge in [-0.25, -0.2) is 0 Å². The first kappa shape index (κ1) is 17.2. The van der Waals surface area contributed by atoms with Crippen molar-refractivity contribution in [2.45, 2.75) is 26.7 Å². The fourth-order valence-corrected chi connectivity index (χ4v) is 2.02. The molecule has 0 radical (unpaired) electrons. The summed E-state index contributed by atoms with van der Waals surface area (Å²) >= 11 is 6.00. The average molecular weight is 310 g/mol. The summed E-state index contributed by atoms with van der Waals surface area (Å²) in [5.74, 6) is -1.73. The number of carboxylic acids is 1. The molecule has 0 heterocycles. The van der Waals surface area contributed by atoms with Gasteiger partial charge in [0.15, 0.2) is 0 Å². The predicted octanol–water partition coefficient (Wildman–Crippen LogP) is 3.28. The summed E-state index contributed by atoms with van der Waals surface area (Å²) in [6.07, 6.45) is 4.35. The highest BCUT2D eigenvalue weighted by atomic mass is 35.5. The molecule has 0 bridgehead atoms. The van der Waals surface area contributed by atoms with Gasteiger partial charge in [0.05, 0.1) is 5.92 Å². The Bertz CT molecular complexity index is 540. The number of carbonyl (C=O) groups is 2. The van der Waals surface area contributed by atoms with E-state index in [0.29, 0.717) is 11.4 Å². The molecule has 0 aromatic heterocycles. The maximum atomic E-state index is 11.7. The minimum Gasteiger partial charge on any atom is -0.481 e. The number of carboxylic acid groups (broad SMARTS) is 1. The molecule has 1 unspecified atom stereocenters. The van der Waals surface area contributed by atoms with Crippen LogP contribution in [0.15, 0.2) is 24.3 Å². The largest absolute Gasteiger partial charge is 0.481 e. The van der Waals surface area contributed by atoms with Crippen molar-refractivity contribution >= 4 is 29.6 Å². The Morgan fingerprint density at radius 1 is 1.43 bits per heavy atom. The highest BCUT2D eigenvalue weighted by Gasteiger charge is 2.16. The molecule has 5 heteroatoms. The molecule has 4 nitrogen and oxygen atoms in total. The molecule has 1 aromatic carbocycles. The van der Waals surface area contributed by atoms with Gasteiger partial charge in [-0.2, -0.15) is 0 Å². The van der Waals surface area contributed by atoms with Crippen LogP contribution in [0.25, 0.3) is 6.08 Å². The molecule has 114 valence electrons. The van der Waals surface area contributed by atoms with Crippen molar-refractivity contribution in [1.82, 2.24) is 5.32 Å². The van der Waals surface area contributed by atoms with Gasteiger partial charge in [0, 0.05) is 17.6 Å². The normalized spacial score (nSPS) is 12.3. The molecular formula is C16H20ClNO3. The van der Waals surface area contributed by atoms with E-state index in [1.165, 1.54) is 6.08 Å². The molecule has 0 aliphatic rings. The maximum Gasteiger partial charge on any atom is 0.308 e. The van der Waals surface area contributed by atoms with E-state index in [9.17, 15) is 9.59 Å². The van der Waals surface area contributed by atoms with E-state index in [2.05, 4.69) is 5.32 Å². The Labute approximate surface area is 129 Å². The van der Waals surface area contributed by atoms with Gasteiger partial charge in [0.2, 0.25) is 5.91 Å². The first-order valence-corrected chi connectivity index (χ1v) is 7.26. The van der Waals surface area contributed by atoms with Gasteiger partial charge in [0.1, 0.15) is 0 Å². The summed E-state index contributed by atoms with van der Waals surface area (Å²) in [6.45, 7) is 3.96. The number of rotatable bonds is 7. The molecule has 1 rings (SSSR count). The van der Waals surface area contributed by atoms with Crippen molar-refractivity contribution in [2.24, 2.45) is 5.92 Å². The molecule has 0 aliphatic carbocycles. The van der Waals surface area contributed by atoms with Crippen LogP contribution < -0.4 is 5.32 Å². The van der Waals surface area contributed by atoms with Crippen molar-refractivity contribution in [3.63, 3.8) is 0 Å². The predicted molar refractivity (Wildman–Crippen MR) is 84.3 cm³/mol. The zero-order valence-corrected chi connectivity index (χ0v) is 13.0. The zero-order chi connectivity index (χ0) is 15.8. The number of benzene rings is 1. The molecule has 1 amide bonds. The lowest BCUT2D eigenvalue weighted by Crippen LogP contribution is -2.31. The second-order valence-electron chi connectivity index (χ2n) is 4.91. The van der Waals surface area contributed by atoms with Gasteiger partial charge >= 0.3 is 5.97 Å². The standard InChI is InChI=1S/C16H20ClNO3/c1-3-4-13(16(20)21)10-18-15(19)8-7-12-6-5-11(2)14(17)9-12/h5-9,13H,3-4,10H2,1-2H3,(H,18,19)(H,20,21). The van der Waals surface area contributed by atoms with Crippen LogP contribution >= 0.6 is 11.6 Å². The lowest BCUT2D eigenvalue weighted by molar-refractivity contribution is -0.141. The average Bonchev–Trinajstić information content (AvgIpc) is 2.44. The molecule has 1 aromatic rings. The summed E-state index contributed by atoms with van der Waals surface area (Å²) in [4.78, 5) is 22.6. The Balaban J connectivity index is 2.54. The van der Waals surface area contributed by atoms with E-state index in [0.717, 1.165) is 17.5 Å². The highest BCUT2D eigenvalue weighted by molar-refractivity contribution is 6.31. The topological polar surface area (TPSA) is 66.4 Å². The first-order valence-electron chi connectivity index (χ1n) is 6.89. The van der Waals surface area contributed by atoms with Gasteiger partial charge in [-0.1, -0.05) is 37.1 Å². The second kappa shape index (κ2) is 8.47. The molecular weight excluding hydrogens is 290 g/mol. The summed E-state index contributed by atoms with van der Waals surface area (Å²) in [5, 5.41) is 12.2. The van der Waals surface area contributed by atoms with E-state index in [-0.39, 0.29) is 12.5 Å². The zero-order valence-electron chi connectivity index (χ0n) is 12.2. The molecule has 0 fully saturated rings. The Morgan fingerprint density at radius 3 is 2.71 bits per heavy atom. The van der Waals surface area contributed by atoms with Gasteiger partial charge in [-0.3, -0.25) is 9.59 Å². The third kappa shape index (κ3) is 6.00. The Hall–Kier alpha value is -1.81. The SMILES string of the molecule is CCCC(CNC(=O)C=Cc1ccc(C)c(Cl)c1)C(=O)O. The van der Waals surface area contributed by atoms with E-state index in [1.54, 1.807) is 12.1 Å². The fourth-order valence-electron chi connectivity index (χ4n) is 1.83. The number of aryl methyl sites for hydroxylation is 1. The van der Waals surface area contributed by atoms with E-state index >= 15 is 0 Å². The van der Waals surface area contributed by atoms with Gasteiger partial charge in [-0.05, 0) is 36.6 Å². The lowest BCUT2D eigenvalue weighted by atomic mass is 10.0. The van der Waals surface area contributed by atoms with E-state index < -0.39 is 11.9 Å². The molecule has 0 spiro atoms. The maximum absolute atomic E-state index is 11.7. The number of aliphatic carboxylic acids is 1. The molecule has 0 saturated heterocycles. The Morgan fingerprint density at radius 2 is 2.14 bits per heavy atom. The molecule has 0 aliphatic heterocycles.